The van der Waals surface area contributed by atoms with E-state index in [4.69, 9.17) is 4.74 Å². The number of benzene rings is 1. The van der Waals surface area contributed by atoms with E-state index in [-0.39, 0.29) is 23.8 Å². The minimum Gasteiger partial charge on any atom is -0.490 e. The molecule has 2 amide bonds. The van der Waals surface area contributed by atoms with Crippen LogP contribution in [-0.2, 0) is 23.1 Å². The van der Waals surface area contributed by atoms with Crippen molar-refractivity contribution < 1.29 is 14.3 Å². The van der Waals surface area contributed by atoms with Crippen LogP contribution in [0.2, 0.25) is 0 Å². The maximum atomic E-state index is 13.0. The van der Waals surface area contributed by atoms with Gasteiger partial charge in [-0.05, 0) is 43.9 Å². The quantitative estimate of drug-likeness (QED) is 0.666. The summed E-state index contributed by atoms with van der Waals surface area (Å²) in [7, 11) is 1.90. The fraction of sp³-hybridized carbons (Fsp3) is 0.560. The molecule has 4 rings (SSSR count). The fourth-order valence-electron chi connectivity index (χ4n) is 4.80. The van der Waals surface area contributed by atoms with E-state index in [2.05, 4.69) is 5.10 Å². The van der Waals surface area contributed by atoms with E-state index in [9.17, 15) is 9.59 Å². The summed E-state index contributed by atoms with van der Waals surface area (Å²) in [6, 6.07) is 11.7. The third kappa shape index (κ3) is 5.69. The van der Waals surface area contributed by atoms with Crippen molar-refractivity contribution in [1.29, 1.82) is 0 Å². The molecular formula is C25H34N4O3. The second-order valence-corrected chi connectivity index (χ2v) is 8.95. The lowest BCUT2D eigenvalue weighted by molar-refractivity contribution is -0.139. The Bertz CT molecular complexity index is 892. The average molecular weight is 439 g/mol. The van der Waals surface area contributed by atoms with Crippen molar-refractivity contribution in [2.24, 2.45) is 13.0 Å². The summed E-state index contributed by atoms with van der Waals surface area (Å²) in [5.74, 6) is 1.16. The number of hydrogen-bond donors (Lipinski definition) is 0. The largest absolute Gasteiger partial charge is 0.490 e. The first-order chi connectivity index (χ1) is 15.6. The summed E-state index contributed by atoms with van der Waals surface area (Å²) in [4.78, 5) is 29.9. The number of piperidine rings is 2. The van der Waals surface area contributed by atoms with Gasteiger partial charge in [-0.15, -0.1) is 0 Å². The number of carbonyl (C=O) groups is 2. The lowest BCUT2D eigenvalue weighted by Gasteiger charge is -2.39. The van der Waals surface area contributed by atoms with Gasteiger partial charge in [0.15, 0.2) is 0 Å². The Kier molecular flexibility index (Phi) is 7.45. The number of carbonyl (C=O) groups excluding carboxylic acids is 2. The fourth-order valence-corrected chi connectivity index (χ4v) is 4.80. The summed E-state index contributed by atoms with van der Waals surface area (Å²) in [6.07, 6.45) is 7.36. The Balaban J connectivity index is 1.40. The monoisotopic (exact) mass is 438 g/mol. The molecule has 1 aromatic heterocycles. The highest BCUT2D eigenvalue weighted by Crippen LogP contribution is 2.27. The van der Waals surface area contributed by atoms with Gasteiger partial charge in [0.2, 0.25) is 11.8 Å². The molecule has 0 saturated carbocycles. The van der Waals surface area contributed by atoms with Gasteiger partial charge in [0.25, 0.3) is 0 Å². The molecule has 0 radical (unpaired) electrons. The van der Waals surface area contributed by atoms with Crippen molar-refractivity contribution in [2.75, 3.05) is 26.2 Å². The SMILES string of the molecule is Cn1nccc1CCC(=O)N1CC[C@H](Oc2ccccc2)[C@@H](CC(=O)N2CCCCC2)C1. The molecule has 2 saturated heterocycles. The molecule has 0 aliphatic carbocycles. The molecular weight excluding hydrogens is 404 g/mol. The summed E-state index contributed by atoms with van der Waals surface area (Å²) < 4.78 is 8.11. The number of aromatic nitrogens is 2. The van der Waals surface area contributed by atoms with Crippen LogP contribution >= 0.6 is 0 Å². The van der Waals surface area contributed by atoms with Crippen LogP contribution in [0.4, 0.5) is 0 Å². The molecule has 1 aromatic carbocycles. The van der Waals surface area contributed by atoms with Crippen LogP contribution in [0.25, 0.3) is 0 Å². The number of hydrogen-bond acceptors (Lipinski definition) is 4. The van der Waals surface area contributed by atoms with E-state index in [1.807, 2.05) is 57.9 Å². The highest BCUT2D eigenvalue weighted by Gasteiger charge is 2.35. The summed E-state index contributed by atoms with van der Waals surface area (Å²) in [5, 5.41) is 4.18. The molecule has 3 heterocycles. The van der Waals surface area contributed by atoms with Gasteiger partial charge in [0.05, 0.1) is 0 Å². The van der Waals surface area contributed by atoms with Crippen molar-refractivity contribution in [3.8, 4) is 5.75 Å². The molecule has 2 aliphatic rings. The highest BCUT2D eigenvalue weighted by atomic mass is 16.5. The van der Waals surface area contributed by atoms with Crippen molar-refractivity contribution in [1.82, 2.24) is 19.6 Å². The molecule has 172 valence electrons. The molecule has 0 spiro atoms. The maximum Gasteiger partial charge on any atom is 0.223 e. The van der Waals surface area contributed by atoms with Gasteiger partial charge in [-0.25, -0.2) is 0 Å². The second kappa shape index (κ2) is 10.7. The van der Waals surface area contributed by atoms with Crippen LogP contribution in [0.15, 0.2) is 42.6 Å². The summed E-state index contributed by atoms with van der Waals surface area (Å²) in [5.41, 5.74) is 1.05. The van der Waals surface area contributed by atoms with Crippen molar-refractivity contribution in [3.63, 3.8) is 0 Å². The van der Waals surface area contributed by atoms with Gasteiger partial charge >= 0.3 is 0 Å². The molecule has 2 fully saturated rings. The zero-order chi connectivity index (χ0) is 22.3. The van der Waals surface area contributed by atoms with Gasteiger partial charge in [-0.1, -0.05) is 18.2 Å². The third-order valence-electron chi connectivity index (χ3n) is 6.71. The number of para-hydroxylation sites is 1. The Morgan fingerprint density at radius 3 is 2.50 bits per heavy atom. The zero-order valence-electron chi connectivity index (χ0n) is 19.0. The average Bonchev–Trinajstić information content (AvgIpc) is 3.24. The molecule has 2 aromatic rings. The minimum atomic E-state index is -0.0627. The van der Waals surface area contributed by atoms with Crippen LogP contribution in [0.5, 0.6) is 5.75 Å². The third-order valence-corrected chi connectivity index (χ3v) is 6.71. The van der Waals surface area contributed by atoms with Crippen molar-refractivity contribution in [2.45, 2.75) is 51.0 Å². The summed E-state index contributed by atoms with van der Waals surface area (Å²) >= 11 is 0. The van der Waals surface area contributed by atoms with Gasteiger partial charge in [0, 0.05) is 70.3 Å². The first-order valence-electron chi connectivity index (χ1n) is 11.8. The Labute approximate surface area is 190 Å². The molecule has 2 aliphatic heterocycles. The minimum absolute atomic E-state index is 0.000893. The first kappa shape index (κ1) is 22.4. The molecule has 2 atom stereocenters. The van der Waals surface area contributed by atoms with Crippen molar-refractivity contribution in [3.05, 3.63) is 48.3 Å². The summed E-state index contributed by atoms with van der Waals surface area (Å²) in [6.45, 7) is 2.93. The number of ether oxygens (including phenoxy) is 1. The Morgan fingerprint density at radius 1 is 1.00 bits per heavy atom. The second-order valence-electron chi connectivity index (χ2n) is 8.95. The topological polar surface area (TPSA) is 67.7 Å². The van der Waals surface area contributed by atoms with E-state index in [0.717, 1.165) is 43.8 Å². The normalized spacial score (nSPS) is 21.4. The molecule has 0 bridgehead atoms. The van der Waals surface area contributed by atoms with E-state index in [1.54, 1.807) is 6.20 Å². The van der Waals surface area contributed by atoms with E-state index >= 15 is 0 Å². The molecule has 32 heavy (non-hydrogen) atoms. The maximum absolute atomic E-state index is 13.0. The molecule has 7 nitrogen and oxygen atoms in total. The zero-order valence-corrected chi connectivity index (χ0v) is 19.0. The number of nitrogens with zero attached hydrogens (tertiary/aromatic N) is 4. The number of likely N-dealkylation sites (tertiary alicyclic amines) is 2. The lowest BCUT2D eigenvalue weighted by Crippen LogP contribution is -2.50. The molecule has 0 unspecified atom stereocenters. The molecule has 7 heteroatoms. The number of rotatable bonds is 7. The van der Waals surface area contributed by atoms with E-state index in [0.29, 0.717) is 32.4 Å². The highest BCUT2D eigenvalue weighted by molar-refractivity contribution is 5.78. The Morgan fingerprint density at radius 2 is 1.78 bits per heavy atom. The van der Waals surface area contributed by atoms with Crippen LogP contribution in [-0.4, -0.2) is 63.7 Å². The van der Waals surface area contributed by atoms with E-state index in [1.165, 1.54) is 6.42 Å². The van der Waals surface area contributed by atoms with Gasteiger partial charge in [-0.2, -0.15) is 5.10 Å². The predicted octanol–water partition coefficient (Wildman–Crippen LogP) is 3.05. The first-order valence-corrected chi connectivity index (χ1v) is 11.8. The van der Waals surface area contributed by atoms with Gasteiger partial charge < -0.3 is 14.5 Å². The van der Waals surface area contributed by atoms with Crippen molar-refractivity contribution >= 4 is 11.8 Å². The van der Waals surface area contributed by atoms with Gasteiger partial charge in [0.1, 0.15) is 11.9 Å². The van der Waals surface area contributed by atoms with Crippen LogP contribution < -0.4 is 4.74 Å². The van der Waals surface area contributed by atoms with Gasteiger partial charge in [-0.3, -0.25) is 14.3 Å². The molecule has 0 N–H and O–H groups in total. The van der Waals surface area contributed by atoms with E-state index < -0.39 is 0 Å². The van der Waals surface area contributed by atoms with Crippen LogP contribution in [0.3, 0.4) is 0 Å². The standard InChI is InChI=1S/C25H34N4O3/c1-27-21(12-14-26-27)10-11-24(30)29-17-13-23(32-22-8-4-2-5-9-22)20(19-29)18-25(31)28-15-6-3-7-16-28/h2,4-5,8-9,12,14,20,23H,3,6-7,10-11,13,15-19H2,1H3/t20-,23-/m0/s1. The number of aryl methyl sites for hydroxylation is 2. The smallest absolute Gasteiger partial charge is 0.223 e. The number of amides is 2. The van der Waals surface area contributed by atoms with Crippen LogP contribution in [0.1, 0.15) is 44.2 Å². The Hall–Kier alpha value is -2.83. The predicted molar refractivity (Wildman–Crippen MR) is 122 cm³/mol. The van der Waals surface area contributed by atoms with Crippen LogP contribution in [0, 0.1) is 5.92 Å². The lowest BCUT2D eigenvalue weighted by atomic mass is 9.90.